The lowest BCUT2D eigenvalue weighted by Gasteiger charge is -2.14. The third-order valence-corrected chi connectivity index (χ3v) is 5.03. The van der Waals surface area contributed by atoms with Crippen molar-refractivity contribution in [3.05, 3.63) is 82.3 Å². The molecule has 0 atom stereocenters. The zero-order valence-corrected chi connectivity index (χ0v) is 19.2. The van der Waals surface area contributed by atoms with Gasteiger partial charge < -0.3 is 14.8 Å². The summed E-state index contributed by atoms with van der Waals surface area (Å²) in [4.78, 5) is 16.8. The summed E-state index contributed by atoms with van der Waals surface area (Å²) in [6.45, 7) is 4.36. The number of ether oxygens (including phenoxy) is 2. The average molecular weight is 481 g/mol. The lowest BCUT2D eigenvalue weighted by molar-refractivity contribution is -0.118. The van der Waals surface area contributed by atoms with Gasteiger partial charge in [-0.2, -0.15) is 0 Å². The zero-order chi connectivity index (χ0) is 22.1. The summed E-state index contributed by atoms with van der Waals surface area (Å²) in [5.41, 5.74) is 3.73. The van der Waals surface area contributed by atoms with Crippen molar-refractivity contribution in [2.24, 2.45) is 4.99 Å². The maximum absolute atomic E-state index is 12.2. The second-order valence-corrected chi connectivity index (χ2v) is 7.60. The molecule has 0 saturated heterocycles. The predicted octanol–water partition coefficient (Wildman–Crippen LogP) is 6.18. The minimum absolute atomic E-state index is 0.134. The molecule has 160 valence electrons. The first-order chi connectivity index (χ1) is 15.1. The molecule has 3 aromatic carbocycles. The van der Waals surface area contributed by atoms with Crippen molar-refractivity contribution < 1.29 is 14.3 Å². The number of benzene rings is 3. The van der Waals surface area contributed by atoms with Crippen LogP contribution < -0.4 is 14.8 Å². The van der Waals surface area contributed by atoms with Crippen molar-refractivity contribution >= 4 is 39.4 Å². The number of carbonyl (C=O) groups excluding carboxylic acids is 1. The summed E-state index contributed by atoms with van der Waals surface area (Å²) in [7, 11) is 0. The van der Waals surface area contributed by atoms with Gasteiger partial charge in [-0.25, -0.2) is 0 Å². The number of rotatable bonds is 9. The molecule has 0 aliphatic carbocycles. The molecule has 1 amide bonds. The summed E-state index contributed by atoms with van der Waals surface area (Å²) in [6.07, 6.45) is 2.78. The molecular weight excluding hydrogens is 456 g/mol. The molecule has 3 aromatic rings. The number of hydrogen-bond acceptors (Lipinski definition) is 4. The Morgan fingerprint density at radius 1 is 1.03 bits per heavy atom. The van der Waals surface area contributed by atoms with Crippen molar-refractivity contribution in [3.63, 3.8) is 0 Å². The van der Waals surface area contributed by atoms with Gasteiger partial charge in [0.15, 0.2) is 18.1 Å². The van der Waals surface area contributed by atoms with Gasteiger partial charge in [-0.05, 0) is 76.8 Å². The van der Waals surface area contributed by atoms with Crippen LogP contribution in [0.3, 0.4) is 0 Å². The summed E-state index contributed by atoms with van der Waals surface area (Å²) < 4.78 is 12.2. The van der Waals surface area contributed by atoms with Crippen LogP contribution in [0.1, 0.15) is 25.0 Å². The Kier molecular flexibility index (Phi) is 8.24. The molecule has 0 aromatic heterocycles. The number of para-hydroxylation sites is 1. The van der Waals surface area contributed by atoms with Crippen LogP contribution in [0, 0.1) is 0 Å². The van der Waals surface area contributed by atoms with Gasteiger partial charge in [0.2, 0.25) is 0 Å². The standard InChI is InChI=1S/C25H25BrN2O3/c1-3-18-10-12-20(13-11-18)27-16-19-14-22(26)25(23(15-19)30-4-2)31-17-24(29)28-21-8-6-5-7-9-21/h5-16H,3-4,17H2,1-2H3,(H,28,29). The van der Waals surface area contributed by atoms with Gasteiger partial charge in [0, 0.05) is 11.9 Å². The zero-order valence-electron chi connectivity index (χ0n) is 17.6. The number of anilines is 1. The van der Waals surface area contributed by atoms with Crippen LogP contribution in [0.2, 0.25) is 0 Å². The van der Waals surface area contributed by atoms with E-state index in [1.165, 1.54) is 5.56 Å². The highest BCUT2D eigenvalue weighted by atomic mass is 79.9. The molecule has 3 rings (SSSR count). The lowest BCUT2D eigenvalue weighted by atomic mass is 10.1. The highest BCUT2D eigenvalue weighted by Crippen LogP contribution is 2.36. The summed E-state index contributed by atoms with van der Waals surface area (Å²) in [6, 6.07) is 21.1. The molecular formula is C25H25BrN2O3. The second kappa shape index (κ2) is 11.3. The first-order valence-electron chi connectivity index (χ1n) is 10.2. The number of aliphatic imine (C=N–C) groups is 1. The van der Waals surface area contributed by atoms with E-state index in [0.717, 1.165) is 23.4 Å². The monoisotopic (exact) mass is 480 g/mol. The molecule has 0 heterocycles. The van der Waals surface area contributed by atoms with Crippen LogP contribution in [0.15, 0.2) is 76.2 Å². The second-order valence-electron chi connectivity index (χ2n) is 6.74. The smallest absolute Gasteiger partial charge is 0.262 e. The van der Waals surface area contributed by atoms with Crippen molar-refractivity contribution in [1.29, 1.82) is 0 Å². The van der Waals surface area contributed by atoms with Crippen molar-refractivity contribution in [2.45, 2.75) is 20.3 Å². The minimum Gasteiger partial charge on any atom is -0.490 e. The minimum atomic E-state index is -0.248. The molecule has 0 aliphatic heterocycles. The van der Waals surface area contributed by atoms with Crippen molar-refractivity contribution in [2.75, 3.05) is 18.5 Å². The lowest BCUT2D eigenvalue weighted by Crippen LogP contribution is -2.20. The maximum Gasteiger partial charge on any atom is 0.262 e. The maximum atomic E-state index is 12.2. The van der Waals surface area contributed by atoms with Crippen LogP contribution in [-0.2, 0) is 11.2 Å². The fourth-order valence-electron chi connectivity index (χ4n) is 2.89. The third-order valence-electron chi connectivity index (χ3n) is 4.44. The Bertz CT molecular complexity index is 1030. The van der Waals surface area contributed by atoms with Gasteiger partial charge in [-0.3, -0.25) is 9.79 Å². The van der Waals surface area contributed by atoms with Gasteiger partial charge >= 0.3 is 0 Å². The normalized spacial score (nSPS) is 10.8. The quantitative estimate of drug-likeness (QED) is 0.372. The first kappa shape index (κ1) is 22.6. The van der Waals surface area contributed by atoms with E-state index in [2.05, 4.69) is 45.3 Å². The van der Waals surface area contributed by atoms with E-state index in [9.17, 15) is 4.79 Å². The summed E-state index contributed by atoms with van der Waals surface area (Å²) in [5.74, 6) is 0.781. The Balaban J connectivity index is 1.71. The number of halogens is 1. The van der Waals surface area contributed by atoms with E-state index in [1.54, 1.807) is 6.21 Å². The molecule has 0 unspecified atom stereocenters. The van der Waals surface area contributed by atoms with E-state index >= 15 is 0 Å². The van der Waals surface area contributed by atoms with Gasteiger partial charge in [0.05, 0.1) is 16.8 Å². The Morgan fingerprint density at radius 3 is 2.45 bits per heavy atom. The Labute approximate surface area is 191 Å². The Morgan fingerprint density at radius 2 is 1.77 bits per heavy atom. The molecule has 0 aliphatic rings. The molecule has 0 radical (unpaired) electrons. The van der Waals surface area contributed by atoms with E-state index in [4.69, 9.17) is 9.47 Å². The highest BCUT2D eigenvalue weighted by Gasteiger charge is 2.14. The van der Waals surface area contributed by atoms with Crippen LogP contribution in [0.5, 0.6) is 11.5 Å². The summed E-state index contributed by atoms with van der Waals surface area (Å²) in [5, 5.41) is 2.80. The van der Waals surface area contributed by atoms with E-state index in [1.807, 2.05) is 61.5 Å². The first-order valence-corrected chi connectivity index (χ1v) is 11.0. The number of carbonyl (C=O) groups is 1. The molecule has 0 fully saturated rings. The topological polar surface area (TPSA) is 59.9 Å². The molecule has 0 bridgehead atoms. The van der Waals surface area contributed by atoms with Gasteiger partial charge in [0.25, 0.3) is 5.91 Å². The van der Waals surface area contributed by atoms with E-state index in [-0.39, 0.29) is 12.5 Å². The van der Waals surface area contributed by atoms with Crippen LogP contribution in [0.25, 0.3) is 0 Å². The van der Waals surface area contributed by atoms with Crippen molar-refractivity contribution in [1.82, 2.24) is 0 Å². The van der Waals surface area contributed by atoms with Crippen LogP contribution in [-0.4, -0.2) is 25.3 Å². The number of amides is 1. The van der Waals surface area contributed by atoms with Crippen LogP contribution in [0.4, 0.5) is 11.4 Å². The van der Waals surface area contributed by atoms with E-state index < -0.39 is 0 Å². The largest absolute Gasteiger partial charge is 0.490 e. The molecule has 6 heteroatoms. The fraction of sp³-hybridized carbons (Fsp3) is 0.200. The summed E-state index contributed by atoms with van der Waals surface area (Å²) >= 11 is 3.53. The number of hydrogen-bond donors (Lipinski definition) is 1. The Hall–Kier alpha value is -3.12. The number of aryl methyl sites for hydroxylation is 1. The van der Waals surface area contributed by atoms with Crippen LogP contribution >= 0.6 is 15.9 Å². The molecule has 5 nitrogen and oxygen atoms in total. The number of nitrogens with zero attached hydrogens (tertiary/aromatic N) is 1. The van der Waals surface area contributed by atoms with Crippen molar-refractivity contribution in [3.8, 4) is 11.5 Å². The average Bonchev–Trinajstić information content (AvgIpc) is 2.78. The molecule has 1 N–H and O–H groups in total. The molecule has 31 heavy (non-hydrogen) atoms. The molecule has 0 saturated carbocycles. The van der Waals surface area contributed by atoms with Gasteiger partial charge in [-0.15, -0.1) is 0 Å². The SMILES string of the molecule is CCOc1cc(C=Nc2ccc(CC)cc2)cc(Br)c1OCC(=O)Nc1ccccc1. The fourth-order valence-corrected chi connectivity index (χ4v) is 3.46. The van der Waals surface area contributed by atoms with Gasteiger partial charge in [0.1, 0.15) is 0 Å². The van der Waals surface area contributed by atoms with Gasteiger partial charge in [-0.1, -0.05) is 37.3 Å². The predicted molar refractivity (Wildman–Crippen MR) is 129 cm³/mol. The number of nitrogens with one attached hydrogen (secondary N) is 1. The van der Waals surface area contributed by atoms with E-state index in [0.29, 0.717) is 22.6 Å². The molecule has 0 spiro atoms. The highest BCUT2D eigenvalue weighted by molar-refractivity contribution is 9.10. The third kappa shape index (κ3) is 6.69.